The Kier molecular flexibility index (Phi) is 2.28. The van der Waals surface area contributed by atoms with E-state index in [0.29, 0.717) is 6.42 Å². The van der Waals surface area contributed by atoms with Gasteiger partial charge < -0.3 is 4.74 Å². The van der Waals surface area contributed by atoms with Crippen LogP contribution in [0.25, 0.3) is 0 Å². The number of ether oxygens (including phenoxy) is 1. The first-order chi connectivity index (χ1) is 6.72. The number of benzene rings is 1. The highest BCUT2D eigenvalue weighted by atomic mass is 16.5. The van der Waals surface area contributed by atoms with Crippen molar-refractivity contribution < 1.29 is 9.53 Å². The van der Waals surface area contributed by atoms with Crippen LogP contribution in [0.3, 0.4) is 0 Å². The van der Waals surface area contributed by atoms with Gasteiger partial charge in [0.25, 0.3) is 0 Å². The molecule has 0 aromatic heterocycles. The Hall–Kier alpha value is -1.31. The summed E-state index contributed by atoms with van der Waals surface area (Å²) in [6, 6.07) is 4.17. The number of esters is 1. The minimum atomic E-state index is -0.0993. The van der Waals surface area contributed by atoms with Crippen LogP contribution < -0.4 is 4.74 Å². The van der Waals surface area contributed by atoms with E-state index in [1.165, 1.54) is 16.7 Å². The molecular formula is C12H14O2. The Bertz CT molecular complexity index is 380. The van der Waals surface area contributed by atoms with E-state index in [1.54, 1.807) is 0 Å². The van der Waals surface area contributed by atoms with Gasteiger partial charge in [-0.05, 0) is 36.5 Å². The Morgan fingerprint density at radius 2 is 2.14 bits per heavy atom. The lowest BCUT2D eigenvalue weighted by Crippen LogP contribution is -2.17. The molecule has 1 aromatic rings. The highest BCUT2D eigenvalue weighted by Gasteiger charge is 2.20. The van der Waals surface area contributed by atoms with Crippen LogP contribution in [-0.4, -0.2) is 5.97 Å². The number of rotatable bonds is 1. The molecule has 0 amide bonds. The second kappa shape index (κ2) is 3.45. The van der Waals surface area contributed by atoms with Crippen LogP contribution in [-0.2, 0) is 17.6 Å². The van der Waals surface area contributed by atoms with E-state index < -0.39 is 0 Å². The number of carbonyl (C=O) groups is 1. The molecule has 0 unspecified atom stereocenters. The molecule has 0 bridgehead atoms. The first-order valence-corrected chi connectivity index (χ1v) is 5.04. The van der Waals surface area contributed by atoms with Crippen molar-refractivity contribution in [2.24, 2.45) is 0 Å². The van der Waals surface area contributed by atoms with Crippen molar-refractivity contribution >= 4 is 5.97 Å². The molecule has 0 atom stereocenters. The molecule has 1 aliphatic rings. The average Bonchev–Trinajstić information content (AvgIpc) is 2.17. The van der Waals surface area contributed by atoms with Gasteiger partial charge in [0.1, 0.15) is 5.75 Å². The zero-order valence-corrected chi connectivity index (χ0v) is 8.59. The Labute approximate surface area is 83.9 Å². The topological polar surface area (TPSA) is 26.3 Å². The quantitative estimate of drug-likeness (QED) is 0.502. The van der Waals surface area contributed by atoms with Gasteiger partial charge in [-0.3, -0.25) is 4.79 Å². The molecule has 0 aliphatic carbocycles. The predicted octanol–water partition coefficient (Wildman–Crippen LogP) is 2.41. The fourth-order valence-electron chi connectivity index (χ4n) is 1.94. The number of fused-ring (bicyclic) bond motifs is 1. The maximum atomic E-state index is 11.2. The number of aryl methyl sites for hydroxylation is 2. The summed E-state index contributed by atoms with van der Waals surface area (Å²) >= 11 is 0. The minimum absolute atomic E-state index is 0.0993. The molecular weight excluding hydrogens is 176 g/mol. The third-order valence-electron chi connectivity index (χ3n) is 2.74. The van der Waals surface area contributed by atoms with E-state index in [1.807, 2.05) is 0 Å². The molecule has 74 valence electrons. The second-order valence-electron chi connectivity index (χ2n) is 3.68. The van der Waals surface area contributed by atoms with Crippen LogP contribution in [0.4, 0.5) is 0 Å². The van der Waals surface area contributed by atoms with E-state index in [2.05, 4.69) is 26.0 Å². The van der Waals surface area contributed by atoms with Gasteiger partial charge in [-0.1, -0.05) is 19.1 Å². The number of carbonyl (C=O) groups excluding carboxylic acids is 1. The van der Waals surface area contributed by atoms with Gasteiger partial charge in [0.15, 0.2) is 0 Å². The molecule has 0 N–H and O–H groups in total. The van der Waals surface area contributed by atoms with Crippen molar-refractivity contribution in [2.45, 2.75) is 33.1 Å². The summed E-state index contributed by atoms with van der Waals surface area (Å²) in [4.78, 5) is 11.2. The van der Waals surface area contributed by atoms with Crippen molar-refractivity contribution in [3.63, 3.8) is 0 Å². The summed E-state index contributed by atoms with van der Waals surface area (Å²) in [5.74, 6) is 0.724. The standard InChI is InChI=1S/C12H14O2/c1-3-10-8(2)4-5-9-6-7-11(13)14-12(9)10/h4-5H,3,6-7H2,1-2H3. The molecule has 0 saturated carbocycles. The van der Waals surface area contributed by atoms with Crippen molar-refractivity contribution in [1.29, 1.82) is 0 Å². The molecule has 0 fully saturated rings. The molecule has 0 saturated heterocycles. The average molecular weight is 190 g/mol. The van der Waals surface area contributed by atoms with Crippen molar-refractivity contribution in [3.8, 4) is 5.75 Å². The van der Waals surface area contributed by atoms with E-state index in [0.717, 1.165) is 18.6 Å². The zero-order chi connectivity index (χ0) is 10.1. The zero-order valence-electron chi connectivity index (χ0n) is 8.59. The van der Waals surface area contributed by atoms with Gasteiger partial charge in [-0.15, -0.1) is 0 Å². The number of hydrogen-bond donors (Lipinski definition) is 0. The van der Waals surface area contributed by atoms with Crippen molar-refractivity contribution in [1.82, 2.24) is 0 Å². The SMILES string of the molecule is CCc1c(C)ccc2c1OC(=O)CC2. The monoisotopic (exact) mass is 190 g/mol. The fraction of sp³-hybridized carbons (Fsp3) is 0.417. The lowest BCUT2D eigenvalue weighted by Gasteiger charge is -2.19. The van der Waals surface area contributed by atoms with E-state index in [-0.39, 0.29) is 5.97 Å². The molecule has 2 nitrogen and oxygen atoms in total. The molecule has 1 aromatic carbocycles. The summed E-state index contributed by atoms with van der Waals surface area (Å²) in [5, 5.41) is 0. The van der Waals surface area contributed by atoms with E-state index in [9.17, 15) is 4.79 Å². The Morgan fingerprint density at radius 1 is 1.36 bits per heavy atom. The van der Waals surface area contributed by atoms with Gasteiger partial charge >= 0.3 is 5.97 Å². The van der Waals surface area contributed by atoms with Crippen molar-refractivity contribution in [2.75, 3.05) is 0 Å². The molecule has 1 heterocycles. The minimum Gasteiger partial charge on any atom is -0.426 e. The van der Waals surface area contributed by atoms with Crippen LogP contribution in [0.15, 0.2) is 12.1 Å². The molecule has 2 rings (SSSR count). The molecule has 0 spiro atoms. The van der Waals surface area contributed by atoms with Crippen LogP contribution in [0, 0.1) is 6.92 Å². The fourth-order valence-corrected chi connectivity index (χ4v) is 1.94. The molecule has 1 aliphatic heterocycles. The van der Waals surface area contributed by atoms with Gasteiger partial charge in [0, 0.05) is 0 Å². The largest absolute Gasteiger partial charge is 0.426 e. The van der Waals surface area contributed by atoms with Crippen LogP contribution in [0.2, 0.25) is 0 Å². The third kappa shape index (κ3) is 1.41. The normalized spacial score (nSPS) is 14.9. The van der Waals surface area contributed by atoms with Gasteiger partial charge in [-0.2, -0.15) is 0 Å². The highest BCUT2D eigenvalue weighted by Crippen LogP contribution is 2.31. The Morgan fingerprint density at radius 3 is 2.86 bits per heavy atom. The molecule has 2 heteroatoms. The summed E-state index contributed by atoms with van der Waals surface area (Å²) in [5.41, 5.74) is 3.56. The van der Waals surface area contributed by atoms with E-state index in [4.69, 9.17) is 4.74 Å². The highest BCUT2D eigenvalue weighted by molar-refractivity contribution is 5.76. The summed E-state index contributed by atoms with van der Waals surface area (Å²) in [6.45, 7) is 4.15. The van der Waals surface area contributed by atoms with Crippen molar-refractivity contribution in [3.05, 3.63) is 28.8 Å². The summed E-state index contributed by atoms with van der Waals surface area (Å²) in [6.07, 6.45) is 2.25. The lowest BCUT2D eigenvalue weighted by molar-refractivity contribution is -0.135. The van der Waals surface area contributed by atoms with Gasteiger partial charge in [0.05, 0.1) is 6.42 Å². The van der Waals surface area contributed by atoms with Crippen LogP contribution in [0.5, 0.6) is 5.75 Å². The van der Waals surface area contributed by atoms with Crippen LogP contribution >= 0.6 is 0 Å². The lowest BCUT2D eigenvalue weighted by atomic mass is 9.97. The predicted molar refractivity (Wildman–Crippen MR) is 54.5 cm³/mol. The third-order valence-corrected chi connectivity index (χ3v) is 2.74. The maximum absolute atomic E-state index is 11.2. The summed E-state index contributed by atoms with van der Waals surface area (Å²) in [7, 11) is 0. The summed E-state index contributed by atoms with van der Waals surface area (Å²) < 4.78 is 5.30. The first-order valence-electron chi connectivity index (χ1n) is 5.04. The Balaban J connectivity index is 2.54. The smallest absolute Gasteiger partial charge is 0.311 e. The maximum Gasteiger partial charge on any atom is 0.311 e. The molecule has 0 radical (unpaired) electrons. The molecule has 14 heavy (non-hydrogen) atoms. The van der Waals surface area contributed by atoms with Crippen LogP contribution in [0.1, 0.15) is 30.0 Å². The van der Waals surface area contributed by atoms with E-state index >= 15 is 0 Å². The first kappa shape index (κ1) is 9.25. The van der Waals surface area contributed by atoms with Gasteiger partial charge in [0.2, 0.25) is 0 Å². The number of hydrogen-bond acceptors (Lipinski definition) is 2. The second-order valence-corrected chi connectivity index (χ2v) is 3.68. The van der Waals surface area contributed by atoms with Gasteiger partial charge in [-0.25, -0.2) is 0 Å².